The van der Waals surface area contributed by atoms with Gasteiger partial charge >= 0.3 is 18.2 Å². The number of rotatable bonds is 4. The summed E-state index contributed by atoms with van der Waals surface area (Å²) in [6.07, 6.45) is -8.61. The molecule has 0 spiro atoms. The largest absolute Gasteiger partial charge is 0.461 e. The van der Waals surface area contributed by atoms with Crippen molar-refractivity contribution < 1.29 is 32.7 Å². The summed E-state index contributed by atoms with van der Waals surface area (Å²) in [4.78, 5) is 19.4. The number of hydrogen-bond donors (Lipinski definition) is 1. The van der Waals surface area contributed by atoms with Gasteiger partial charge in [0.1, 0.15) is 0 Å². The lowest BCUT2D eigenvalue weighted by molar-refractivity contribution is -0.531. The molecule has 0 aliphatic carbocycles. The molecule has 9 heteroatoms. The average molecular weight is 231 g/mol. The first-order chi connectivity index (χ1) is 6.71. The molecule has 0 amide bonds. The molecule has 1 N–H and O–H groups in total. The highest BCUT2D eigenvalue weighted by Gasteiger charge is 2.54. The van der Waals surface area contributed by atoms with Gasteiger partial charge in [-0.2, -0.15) is 13.2 Å². The van der Waals surface area contributed by atoms with Crippen molar-refractivity contribution in [3.8, 4) is 0 Å². The van der Waals surface area contributed by atoms with Gasteiger partial charge in [-0.15, -0.1) is 0 Å². The molecule has 88 valence electrons. The summed E-state index contributed by atoms with van der Waals surface area (Å²) in [6.45, 7) is 0.961. The molecular formula is C6H8F3NO5. The van der Waals surface area contributed by atoms with E-state index in [1.807, 2.05) is 0 Å². The molecule has 0 radical (unpaired) electrons. The number of carbonyl (C=O) groups excluding carboxylic acids is 1. The first-order valence-electron chi connectivity index (χ1n) is 3.76. The molecule has 2 unspecified atom stereocenters. The number of aliphatic hydroxyl groups is 1. The van der Waals surface area contributed by atoms with Gasteiger partial charge in [0.2, 0.25) is 6.10 Å². The van der Waals surface area contributed by atoms with Gasteiger partial charge in [0.15, 0.2) is 0 Å². The van der Waals surface area contributed by atoms with Crippen molar-refractivity contribution in [2.45, 2.75) is 25.2 Å². The van der Waals surface area contributed by atoms with Crippen LogP contribution in [0.4, 0.5) is 13.2 Å². The van der Waals surface area contributed by atoms with E-state index in [-0.39, 0.29) is 6.61 Å². The number of hydrogen-bond acceptors (Lipinski definition) is 5. The van der Waals surface area contributed by atoms with Gasteiger partial charge in [0, 0.05) is 4.92 Å². The zero-order valence-electron chi connectivity index (χ0n) is 7.52. The molecule has 0 aliphatic heterocycles. The Hall–Kier alpha value is -1.38. The lowest BCUT2D eigenvalue weighted by Gasteiger charge is -2.16. The summed E-state index contributed by atoms with van der Waals surface area (Å²) in [5.74, 6) is -1.72. The van der Waals surface area contributed by atoms with Crippen LogP contribution < -0.4 is 0 Å². The fourth-order valence-corrected chi connectivity index (χ4v) is 0.737. The maximum atomic E-state index is 11.9. The summed E-state index contributed by atoms with van der Waals surface area (Å²) in [7, 11) is 0. The van der Waals surface area contributed by atoms with E-state index in [1.54, 1.807) is 0 Å². The normalized spacial score (nSPS) is 15.5. The fraction of sp³-hybridized carbons (Fsp3) is 0.833. The second-order valence-corrected chi connectivity index (χ2v) is 2.47. The van der Waals surface area contributed by atoms with Crippen LogP contribution in [0, 0.1) is 10.1 Å². The molecule has 0 saturated carbocycles. The zero-order chi connectivity index (χ0) is 12.2. The van der Waals surface area contributed by atoms with Crippen molar-refractivity contribution in [1.82, 2.24) is 0 Å². The van der Waals surface area contributed by atoms with Crippen molar-refractivity contribution in [1.29, 1.82) is 0 Å². The number of halogens is 3. The summed E-state index contributed by atoms with van der Waals surface area (Å²) < 4.78 is 39.7. The third-order valence-electron chi connectivity index (χ3n) is 1.39. The highest BCUT2D eigenvalue weighted by molar-refractivity contribution is 5.75. The van der Waals surface area contributed by atoms with Crippen molar-refractivity contribution in [3.63, 3.8) is 0 Å². The first kappa shape index (κ1) is 13.6. The molecule has 6 nitrogen and oxygen atoms in total. The van der Waals surface area contributed by atoms with Crippen LogP contribution >= 0.6 is 0 Å². The van der Waals surface area contributed by atoms with E-state index in [0.29, 0.717) is 0 Å². The van der Waals surface area contributed by atoms with Crippen LogP contribution in [0.25, 0.3) is 0 Å². The SMILES string of the molecule is CCOC(=O)C(C(O)C(F)(F)F)[N+](=O)[O-]. The van der Waals surface area contributed by atoms with E-state index in [9.17, 15) is 28.1 Å². The third kappa shape index (κ3) is 3.70. The Morgan fingerprint density at radius 1 is 1.60 bits per heavy atom. The molecule has 15 heavy (non-hydrogen) atoms. The number of ether oxygens (including phenoxy) is 1. The smallest absolute Gasteiger partial charge is 0.421 e. The number of nitrogens with zero attached hydrogens (tertiary/aromatic N) is 1. The maximum Gasteiger partial charge on any atom is 0.421 e. The number of esters is 1. The lowest BCUT2D eigenvalue weighted by atomic mass is 10.1. The van der Waals surface area contributed by atoms with Gasteiger partial charge in [0.25, 0.3) is 0 Å². The first-order valence-corrected chi connectivity index (χ1v) is 3.76. The highest BCUT2D eigenvalue weighted by atomic mass is 19.4. The maximum absolute atomic E-state index is 11.9. The Kier molecular flexibility index (Phi) is 4.46. The minimum atomic E-state index is -5.25. The minimum absolute atomic E-state index is 0.312. The van der Waals surface area contributed by atoms with E-state index < -0.39 is 29.2 Å². The van der Waals surface area contributed by atoms with Crippen LogP contribution in [0.1, 0.15) is 6.92 Å². The second-order valence-electron chi connectivity index (χ2n) is 2.47. The van der Waals surface area contributed by atoms with Crippen LogP contribution in [0.5, 0.6) is 0 Å². The molecule has 0 aromatic heterocycles. The Morgan fingerprint density at radius 3 is 2.33 bits per heavy atom. The standard InChI is InChI=1S/C6H8F3NO5/c1-2-15-5(12)3(10(13)14)4(11)6(7,8)9/h3-4,11H,2H2,1H3. The molecule has 0 aliphatic rings. The summed E-state index contributed by atoms with van der Waals surface area (Å²) in [6, 6.07) is -2.84. The molecule has 2 atom stereocenters. The Balaban J connectivity index is 4.82. The van der Waals surface area contributed by atoms with Crippen LogP contribution in [0.3, 0.4) is 0 Å². The Labute approximate surface area is 81.8 Å². The van der Waals surface area contributed by atoms with Gasteiger partial charge in [-0.05, 0) is 6.92 Å². The van der Waals surface area contributed by atoms with Gasteiger partial charge in [-0.1, -0.05) is 0 Å². The predicted molar refractivity (Wildman–Crippen MR) is 39.5 cm³/mol. The van der Waals surface area contributed by atoms with Gasteiger partial charge in [0.05, 0.1) is 6.61 Å². The van der Waals surface area contributed by atoms with Crippen molar-refractivity contribution in [3.05, 3.63) is 10.1 Å². The molecule has 0 aromatic carbocycles. The minimum Gasteiger partial charge on any atom is -0.461 e. The quantitative estimate of drug-likeness (QED) is 0.421. The predicted octanol–water partition coefficient (Wildman–Crippen LogP) is 0.118. The van der Waals surface area contributed by atoms with Crippen LogP contribution in [0.2, 0.25) is 0 Å². The Bertz CT molecular complexity index is 254. The van der Waals surface area contributed by atoms with E-state index in [0.717, 1.165) is 0 Å². The van der Waals surface area contributed by atoms with Crippen molar-refractivity contribution in [2.24, 2.45) is 0 Å². The number of alkyl halides is 3. The lowest BCUT2D eigenvalue weighted by Crippen LogP contribution is -2.49. The number of nitro groups is 1. The molecular weight excluding hydrogens is 223 g/mol. The molecule has 0 fully saturated rings. The molecule has 0 heterocycles. The second kappa shape index (κ2) is 4.91. The van der Waals surface area contributed by atoms with Crippen LogP contribution in [-0.2, 0) is 9.53 Å². The number of aliphatic hydroxyl groups excluding tert-OH is 1. The molecule has 0 rings (SSSR count). The molecule has 0 aromatic rings. The monoisotopic (exact) mass is 231 g/mol. The number of carbonyl (C=O) groups is 1. The fourth-order valence-electron chi connectivity index (χ4n) is 0.737. The summed E-state index contributed by atoms with van der Waals surface area (Å²) in [5, 5.41) is 18.7. The van der Waals surface area contributed by atoms with Crippen LogP contribution in [0.15, 0.2) is 0 Å². The van der Waals surface area contributed by atoms with E-state index in [2.05, 4.69) is 4.74 Å². The van der Waals surface area contributed by atoms with E-state index in [1.165, 1.54) is 6.92 Å². The van der Waals surface area contributed by atoms with Gasteiger partial charge in [-0.3, -0.25) is 10.1 Å². The van der Waals surface area contributed by atoms with Crippen molar-refractivity contribution in [2.75, 3.05) is 6.61 Å². The van der Waals surface area contributed by atoms with E-state index in [4.69, 9.17) is 5.11 Å². The average Bonchev–Trinajstić information content (AvgIpc) is 2.02. The summed E-state index contributed by atoms with van der Waals surface area (Å²) in [5.41, 5.74) is 0. The Morgan fingerprint density at radius 2 is 2.07 bits per heavy atom. The van der Waals surface area contributed by atoms with Crippen molar-refractivity contribution >= 4 is 5.97 Å². The topological polar surface area (TPSA) is 89.7 Å². The van der Waals surface area contributed by atoms with E-state index >= 15 is 0 Å². The molecule has 0 bridgehead atoms. The molecule has 0 saturated heterocycles. The summed E-state index contributed by atoms with van der Waals surface area (Å²) >= 11 is 0. The van der Waals surface area contributed by atoms with Crippen LogP contribution in [-0.4, -0.2) is 40.9 Å². The highest BCUT2D eigenvalue weighted by Crippen LogP contribution is 2.24. The van der Waals surface area contributed by atoms with Gasteiger partial charge in [-0.25, -0.2) is 4.79 Å². The van der Waals surface area contributed by atoms with Gasteiger partial charge < -0.3 is 9.84 Å². The third-order valence-corrected chi connectivity index (χ3v) is 1.39. The zero-order valence-corrected chi connectivity index (χ0v) is 7.52.